The first-order chi connectivity index (χ1) is 6.50. The van der Waals surface area contributed by atoms with Gasteiger partial charge in [0.1, 0.15) is 5.54 Å². The van der Waals surface area contributed by atoms with Gasteiger partial charge in [-0.2, -0.15) is 0 Å². The molecule has 0 aromatic carbocycles. The van der Waals surface area contributed by atoms with Gasteiger partial charge in [0, 0.05) is 0 Å². The molecule has 0 unspecified atom stereocenters. The van der Waals surface area contributed by atoms with Crippen LogP contribution in [0, 0.1) is 5.92 Å². The average molecular weight is 199 g/mol. The van der Waals surface area contributed by atoms with E-state index in [1.807, 2.05) is 0 Å². The Bertz CT molecular complexity index is 190. The van der Waals surface area contributed by atoms with Gasteiger partial charge in [-0.05, 0) is 32.6 Å². The van der Waals surface area contributed by atoms with Gasteiger partial charge in [0.2, 0.25) is 0 Å². The molecule has 1 fully saturated rings. The third-order valence-electron chi connectivity index (χ3n) is 2.70. The van der Waals surface area contributed by atoms with Crippen molar-refractivity contribution >= 4 is 5.97 Å². The predicted octanol–water partition coefficient (Wildman–Crippen LogP) is 1.85. The summed E-state index contributed by atoms with van der Waals surface area (Å²) < 4.78 is 5.18. The van der Waals surface area contributed by atoms with Crippen molar-refractivity contribution in [2.75, 3.05) is 6.61 Å². The molecular weight excluding hydrogens is 178 g/mol. The summed E-state index contributed by atoms with van der Waals surface area (Å²) in [6.07, 6.45) is 6.26. The van der Waals surface area contributed by atoms with E-state index >= 15 is 0 Å². The van der Waals surface area contributed by atoms with Crippen LogP contribution in [0.3, 0.4) is 0 Å². The molecule has 0 spiro atoms. The highest BCUT2D eigenvalue weighted by Crippen LogP contribution is 2.23. The molecule has 14 heavy (non-hydrogen) atoms. The van der Waals surface area contributed by atoms with E-state index in [2.05, 4.69) is 0 Å². The van der Waals surface area contributed by atoms with E-state index in [4.69, 9.17) is 10.5 Å². The standard InChI is InChI=1S/C11H21NO2/c1-11(2,12)10(13)14-8-9-6-4-3-5-7-9/h9H,3-8,12H2,1-2H3. The summed E-state index contributed by atoms with van der Waals surface area (Å²) in [4.78, 5) is 11.4. The molecule has 1 saturated carbocycles. The second-order valence-electron chi connectivity index (χ2n) is 4.82. The molecule has 1 aliphatic carbocycles. The van der Waals surface area contributed by atoms with E-state index < -0.39 is 5.54 Å². The number of hydrogen-bond donors (Lipinski definition) is 1. The monoisotopic (exact) mass is 199 g/mol. The van der Waals surface area contributed by atoms with Crippen LogP contribution in [0.1, 0.15) is 46.0 Å². The molecule has 1 aliphatic rings. The Hall–Kier alpha value is -0.570. The molecule has 2 N–H and O–H groups in total. The molecule has 82 valence electrons. The first-order valence-electron chi connectivity index (χ1n) is 5.46. The van der Waals surface area contributed by atoms with E-state index in [1.54, 1.807) is 13.8 Å². The lowest BCUT2D eigenvalue weighted by Crippen LogP contribution is -2.43. The van der Waals surface area contributed by atoms with E-state index in [0.29, 0.717) is 12.5 Å². The van der Waals surface area contributed by atoms with Crippen molar-refractivity contribution in [1.82, 2.24) is 0 Å². The Labute approximate surface area is 86.0 Å². The zero-order valence-electron chi connectivity index (χ0n) is 9.21. The van der Waals surface area contributed by atoms with Gasteiger partial charge in [0.05, 0.1) is 6.61 Å². The zero-order valence-corrected chi connectivity index (χ0v) is 9.21. The van der Waals surface area contributed by atoms with Crippen molar-refractivity contribution in [3.05, 3.63) is 0 Å². The van der Waals surface area contributed by atoms with Crippen molar-refractivity contribution in [2.24, 2.45) is 11.7 Å². The van der Waals surface area contributed by atoms with Gasteiger partial charge in [-0.15, -0.1) is 0 Å². The van der Waals surface area contributed by atoms with E-state index in [1.165, 1.54) is 32.1 Å². The molecule has 0 aliphatic heterocycles. The minimum atomic E-state index is -0.853. The van der Waals surface area contributed by atoms with Gasteiger partial charge in [-0.3, -0.25) is 4.79 Å². The van der Waals surface area contributed by atoms with Crippen LogP contribution >= 0.6 is 0 Å². The predicted molar refractivity (Wildman–Crippen MR) is 55.8 cm³/mol. The van der Waals surface area contributed by atoms with Gasteiger partial charge in [0.15, 0.2) is 0 Å². The zero-order chi connectivity index (χ0) is 10.6. The number of ether oxygens (including phenoxy) is 1. The summed E-state index contributed by atoms with van der Waals surface area (Å²) >= 11 is 0. The topological polar surface area (TPSA) is 52.3 Å². The first kappa shape index (κ1) is 11.5. The average Bonchev–Trinajstić information content (AvgIpc) is 2.14. The summed E-state index contributed by atoms with van der Waals surface area (Å²) in [5, 5.41) is 0. The van der Waals surface area contributed by atoms with E-state index in [9.17, 15) is 4.79 Å². The van der Waals surface area contributed by atoms with Crippen molar-refractivity contribution in [2.45, 2.75) is 51.5 Å². The van der Waals surface area contributed by atoms with Gasteiger partial charge < -0.3 is 10.5 Å². The molecule has 0 radical (unpaired) electrons. The Balaban J connectivity index is 2.22. The first-order valence-corrected chi connectivity index (χ1v) is 5.46. The molecule has 0 heterocycles. The third-order valence-corrected chi connectivity index (χ3v) is 2.70. The summed E-state index contributed by atoms with van der Waals surface area (Å²) in [5.74, 6) is 0.276. The van der Waals surface area contributed by atoms with Crippen LogP contribution < -0.4 is 5.73 Å². The quantitative estimate of drug-likeness (QED) is 0.706. The Morgan fingerprint density at radius 2 is 1.93 bits per heavy atom. The second-order valence-corrected chi connectivity index (χ2v) is 4.82. The maximum absolute atomic E-state index is 11.4. The molecular formula is C11H21NO2. The number of esters is 1. The molecule has 0 atom stereocenters. The highest BCUT2D eigenvalue weighted by molar-refractivity contribution is 5.79. The lowest BCUT2D eigenvalue weighted by molar-refractivity contribution is -0.150. The summed E-state index contributed by atoms with van der Waals surface area (Å²) in [6.45, 7) is 3.91. The molecule has 1 rings (SSSR count). The maximum Gasteiger partial charge on any atom is 0.325 e. The molecule has 0 amide bonds. The summed E-state index contributed by atoms with van der Waals surface area (Å²) in [6, 6.07) is 0. The number of rotatable bonds is 3. The second kappa shape index (κ2) is 4.78. The van der Waals surface area contributed by atoms with Gasteiger partial charge >= 0.3 is 5.97 Å². The lowest BCUT2D eigenvalue weighted by atomic mass is 9.90. The number of nitrogens with two attached hydrogens (primary N) is 1. The van der Waals surface area contributed by atoms with E-state index in [-0.39, 0.29) is 5.97 Å². The van der Waals surface area contributed by atoms with Crippen LogP contribution in [0.25, 0.3) is 0 Å². The van der Waals surface area contributed by atoms with Crippen molar-refractivity contribution in [3.63, 3.8) is 0 Å². The molecule has 0 bridgehead atoms. The SMILES string of the molecule is CC(C)(N)C(=O)OCC1CCCCC1. The molecule has 3 nitrogen and oxygen atoms in total. The lowest BCUT2D eigenvalue weighted by Gasteiger charge is -2.23. The fourth-order valence-corrected chi connectivity index (χ4v) is 1.73. The normalized spacial score (nSPS) is 19.4. The Kier molecular flexibility index (Phi) is 3.93. The van der Waals surface area contributed by atoms with Crippen molar-refractivity contribution in [1.29, 1.82) is 0 Å². The van der Waals surface area contributed by atoms with Crippen LogP contribution in [0.5, 0.6) is 0 Å². The van der Waals surface area contributed by atoms with Crippen LogP contribution in [0.15, 0.2) is 0 Å². The Morgan fingerprint density at radius 3 is 2.43 bits per heavy atom. The van der Waals surface area contributed by atoms with Crippen LogP contribution in [-0.2, 0) is 9.53 Å². The summed E-state index contributed by atoms with van der Waals surface area (Å²) in [7, 11) is 0. The van der Waals surface area contributed by atoms with Crippen molar-refractivity contribution in [3.8, 4) is 0 Å². The van der Waals surface area contributed by atoms with Crippen LogP contribution in [-0.4, -0.2) is 18.1 Å². The van der Waals surface area contributed by atoms with E-state index in [0.717, 1.165) is 0 Å². The molecule has 0 aromatic rings. The molecule has 0 aromatic heterocycles. The third kappa shape index (κ3) is 3.66. The Morgan fingerprint density at radius 1 is 1.36 bits per heavy atom. The van der Waals surface area contributed by atoms with Crippen molar-refractivity contribution < 1.29 is 9.53 Å². The minimum Gasteiger partial charge on any atom is -0.464 e. The fraction of sp³-hybridized carbons (Fsp3) is 0.909. The minimum absolute atomic E-state index is 0.289. The number of hydrogen-bond acceptors (Lipinski definition) is 3. The highest BCUT2D eigenvalue weighted by Gasteiger charge is 2.25. The van der Waals surface area contributed by atoms with Gasteiger partial charge in [-0.25, -0.2) is 0 Å². The smallest absolute Gasteiger partial charge is 0.325 e. The highest BCUT2D eigenvalue weighted by atomic mass is 16.5. The van der Waals surface area contributed by atoms with Gasteiger partial charge in [-0.1, -0.05) is 19.3 Å². The summed E-state index contributed by atoms with van der Waals surface area (Å²) in [5.41, 5.74) is 4.77. The molecule has 0 saturated heterocycles. The van der Waals surface area contributed by atoms with Crippen LogP contribution in [0.2, 0.25) is 0 Å². The fourth-order valence-electron chi connectivity index (χ4n) is 1.73. The van der Waals surface area contributed by atoms with Crippen LogP contribution in [0.4, 0.5) is 0 Å². The number of carbonyl (C=O) groups is 1. The molecule has 3 heteroatoms. The maximum atomic E-state index is 11.4. The number of carbonyl (C=O) groups excluding carboxylic acids is 1. The largest absolute Gasteiger partial charge is 0.464 e. The van der Waals surface area contributed by atoms with Gasteiger partial charge in [0.25, 0.3) is 0 Å².